The average Bonchev–Trinajstić information content (AvgIpc) is 2.94. The zero-order chi connectivity index (χ0) is 20.3. The third kappa shape index (κ3) is 4.27. The number of benzene rings is 1. The summed E-state index contributed by atoms with van der Waals surface area (Å²) in [5, 5.41) is 7.55. The molecule has 2 aromatic heterocycles. The Hall–Kier alpha value is -3.02. The Morgan fingerprint density at radius 2 is 1.79 bits per heavy atom. The van der Waals surface area contributed by atoms with E-state index in [2.05, 4.69) is 34.2 Å². The molecule has 0 aliphatic heterocycles. The molecule has 1 amide bonds. The second-order valence-corrected chi connectivity index (χ2v) is 7.02. The summed E-state index contributed by atoms with van der Waals surface area (Å²) in [6.07, 6.45) is 0.607. The highest BCUT2D eigenvalue weighted by molar-refractivity contribution is 5.95. The van der Waals surface area contributed by atoms with Crippen LogP contribution in [0.15, 0.2) is 30.3 Å². The predicted molar refractivity (Wildman–Crippen MR) is 110 cm³/mol. The first-order valence-corrected chi connectivity index (χ1v) is 9.62. The van der Waals surface area contributed by atoms with Gasteiger partial charge in [0.25, 0.3) is 5.91 Å². The quantitative estimate of drug-likeness (QED) is 0.713. The number of carbonyl (C=O) groups excluding carboxylic acids is 1. The van der Waals surface area contributed by atoms with Crippen molar-refractivity contribution in [2.24, 2.45) is 0 Å². The number of aryl methyl sites for hydroxylation is 4. The Bertz CT molecular complexity index is 986. The number of amides is 1. The molecule has 3 rings (SSSR count). The van der Waals surface area contributed by atoms with Gasteiger partial charge in [-0.15, -0.1) is 0 Å². The minimum absolute atomic E-state index is 0.0931. The molecule has 0 aliphatic carbocycles. The molecule has 0 saturated carbocycles. The molecule has 6 nitrogen and oxygen atoms in total. The molecule has 0 aliphatic rings. The van der Waals surface area contributed by atoms with E-state index in [4.69, 9.17) is 0 Å². The lowest BCUT2D eigenvalue weighted by Crippen LogP contribution is -2.26. The van der Waals surface area contributed by atoms with Crippen molar-refractivity contribution in [3.8, 4) is 11.1 Å². The summed E-state index contributed by atoms with van der Waals surface area (Å²) in [7, 11) is 0. The topological polar surface area (TPSA) is 72.7 Å². The van der Waals surface area contributed by atoms with Gasteiger partial charge in [0.05, 0.1) is 5.69 Å². The fraction of sp³-hybridized carbons (Fsp3) is 0.364. The monoisotopic (exact) mass is 377 g/mol. The van der Waals surface area contributed by atoms with Gasteiger partial charge in [-0.3, -0.25) is 9.48 Å². The van der Waals surface area contributed by atoms with Crippen LogP contribution < -0.4 is 5.32 Å². The van der Waals surface area contributed by atoms with Crippen molar-refractivity contribution in [2.75, 3.05) is 6.54 Å². The molecule has 6 heteroatoms. The third-order valence-electron chi connectivity index (χ3n) is 4.76. The summed E-state index contributed by atoms with van der Waals surface area (Å²) in [5.41, 5.74) is 6.73. The van der Waals surface area contributed by atoms with E-state index in [9.17, 15) is 4.79 Å². The van der Waals surface area contributed by atoms with Crippen LogP contribution in [0.1, 0.15) is 45.9 Å². The van der Waals surface area contributed by atoms with Gasteiger partial charge in [0, 0.05) is 47.7 Å². The van der Waals surface area contributed by atoms with E-state index >= 15 is 0 Å². The fourth-order valence-corrected chi connectivity index (χ4v) is 3.54. The number of hydrogen-bond acceptors (Lipinski definition) is 4. The largest absolute Gasteiger partial charge is 0.352 e. The molecule has 1 aromatic carbocycles. The Kier molecular flexibility index (Phi) is 5.87. The van der Waals surface area contributed by atoms with Gasteiger partial charge in [0.2, 0.25) is 0 Å². The summed E-state index contributed by atoms with van der Waals surface area (Å²) in [6, 6.07) is 9.65. The number of hydrogen-bond donors (Lipinski definition) is 1. The maximum Gasteiger partial charge on any atom is 0.251 e. The van der Waals surface area contributed by atoms with E-state index in [0.717, 1.165) is 46.3 Å². The highest BCUT2D eigenvalue weighted by Crippen LogP contribution is 2.27. The first-order chi connectivity index (χ1) is 13.4. The molecule has 0 spiro atoms. The van der Waals surface area contributed by atoms with Crippen molar-refractivity contribution in [2.45, 2.75) is 47.6 Å². The van der Waals surface area contributed by atoms with Crippen molar-refractivity contribution in [1.82, 2.24) is 25.1 Å². The zero-order valence-corrected chi connectivity index (χ0v) is 17.2. The maximum atomic E-state index is 12.6. The van der Waals surface area contributed by atoms with Gasteiger partial charge < -0.3 is 5.32 Å². The van der Waals surface area contributed by atoms with Gasteiger partial charge in [-0.1, -0.05) is 12.1 Å². The minimum Gasteiger partial charge on any atom is -0.352 e. The van der Waals surface area contributed by atoms with E-state index in [1.165, 1.54) is 0 Å². The van der Waals surface area contributed by atoms with Gasteiger partial charge >= 0.3 is 0 Å². The molecule has 28 heavy (non-hydrogen) atoms. The molecule has 0 fully saturated rings. The molecule has 3 aromatic rings. The molecule has 0 unspecified atom stereocenters. The number of nitrogens with one attached hydrogen (secondary N) is 1. The minimum atomic E-state index is -0.0931. The van der Waals surface area contributed by atoms with Crippen LogP contribution in [0.25, 0.3) is 11.1 Å². The second-order valence-electron chi connectivity index (χ2n) is 7.02. The highest BCUT2D eigenvalue weighted by atomic mass is 16.1. The number of carbonyl (C=O) groups is 1. The highest BCUT2D eigenvalue weighted by Gasteiger charge is 2.14. The lowest BCUT2D eigenvalue weighted by atomic mass is 10.0. The predicted octanol–water partition coefficient (Wildman–Crippen LogP) is 3.57. The molecule has 0 atom stereocenters. The van der Waals surface area contributed by atoms with Crippen molar-refractivity contribution < 1.29 is 4.79 Å². The van der Waals surface area contributed by atoms with Crippen LogP contribution >= 0.6 is 0 Å². The fourth-order valence-electron chi connectivity index (χ4n) is 3.54. The van der Waals surface area contributed by atoms with E-state index in [1.54, 1.807) is 0 Å². The summed E-state index contributed by atoms with van der Waals surface area (Å²) in [5.74, 6) is 0.661. The number of aromatic nitrogens is 4. The lowest BCUT2D eigenvalue weighted by Gasteiger charge is -2.08. The molecule has 1 N–H and O–H groups in total. The standard InChI is InChI=1S/C22H27N5O/c1-6-27-17(5)21(16(4)26-27)18-8-7-9-19(13-18)22(28)23-11-10-20-24-14(2)12-15(3)25-20/h7-9,12-13H,6,10-11H2,1-5H3,(H,23,28). The molecule has 0 radical (unpaired) electrons. The first kappa shape index (κ1) is 19.7. The molecule has 2 heterocycles. The van der Waals surface area contributed by atoms with Gasteiger partial charge in [-0.05, 0) is 58.4 Å². The maximum absolute atomic E-state index is 12.6. The number of nitrogens with zero attached hydrogens (tertiary/aromatic N) is 4. The third-order valence-corrected chi connectivity index (χ3v) is 4.76. The SMILES string of the molecule is CCn1nc(C)c(-c2cccc(C(=O)NCCc3nc(C)cc(C)n3)c2)c1C. The summed E-state index contributed by atoms with van der Waals surface area (Å²) in [6.45, 7) is 11.4. The molecular weight excluding hydrogens is 350 g/mol. The Morgan fingerprint density at radius 3 is 2.43 bits per heavy atom. The van der Waals surface area contributed by atoms with E-state index in [0.29, 0.717) is 18.5 Å². The van der Waals surface area contributed by atoms with Crippen molar-refractivity contribution in [3.05, 3.63) is 64.5 Å². The molecule has 0 bridgehead atoms. The normalized spacial score (nSPS) is 10.9. The van der Waals surface area contributed by atoms with Crippen molar-refractivity contribution in [3.63, 3.8) is 0 Å². The Balaban J connectivity index is 1.71. The Morgan fingerprint density at radius 1 is 1.07 bits per heavy atom. The van der Waals surface area contributed by atoms with Crippen LogP contribution in [0, 0.1) is 27.7 Å². The first-order valence-electron chi connectivity index (χ1n) is 9.62. The molecule has 0 saturated heterocycles. The van der Waals surface area contributed by atoms with Crippen molar-refractivity contribution in [1.29, 1.82) is 0 Å². The zero-order valence-electron chi connectivity index (χ0n) is 17.2. The summed E-state index contributed by atoms with van der Waals surface area (Å²) < 4.78 is 1.99. The second kappa shape index (κ2) is 8.33. The van der Waals surface area contributed by atoms with Crippen LogP contribution in [-0.4, -0.2) is 32.2 Å². The lowest BCUT2D eigenvalue weighted by molar-refractivity contribution is 0.0954. The number of rotatable bonds is 6. The van der Waals surface area contributed by atoms with Crippen LogP contribution in [0.4, 0.5) is 0 Å². The van der Waals surface area contributed by atoms with Gasteiger partial charge in [0.1, 0.15) is 5.82 Å². The summed E-state index contributed by atoms with van der Waals surface area (Å²) >= 11 is 0. The van der Waals surface area contributed by atoms with E-state index in [1.807, 2.05) is 55.8 Å². The van der Waals surface area contributed by atoms with Crippen LogP contribution in [0.5, 0.6) is 0 Å². The average molecular weight is 377 g/mol. The van der Waals surface area contributed by atoms with E-state index in [-0.39, 0.29) is 5.91 Å². The van der Waals surface area contributed by atoms with Gasteiger partial charge in [-0.2, -0.15) is 5.10 Å². The van der Waals surface area contributed by atoms with Gasteiger partial charge in [0.15, 0.2) is 0 Å². The van der Waals surface area contributed by atoms with Crippen molar-refractivity contribution >= 4 is 5.91 Å². The van der Waals surface area contributed by atoms with Crippen LogP contribution in [0.2, 0.25) is 0 Å². The molecular formula is C22H27N5O. The smallest absolute Gasteiger partial charge is 0.251 e. The van der Waals surface area contributed by atoms with Gasteiger partial charge in [-0.25, -0.2) is 9.97 Å². The van der Waals surface area contributed by atoms with E-state index < -0.39 is 0 Å². The Labute approximate surface area is 166 Å². The molecule has 146 valence electrons. The van der Waals surface area contributed by atoms with Crippen LogP contribution in [-0.2, 0) is 13.0 Å². The summed E-state index contributed by atoms with van der Waals surface area (Å²) in [4.78, 5) is 21.4. The van der Waals surface area contributed by atoms with Crippen LogP contribution in [0.3, 0.4) is 0 Å².